The quantitative estimate of drug-likeness (QED) is 0.908. The average molecular weight is 286 g/mol. The van der Waals surface area contributed by atoms with E-state index >= 15 is 0 Å². The summed E-state index contributed by atoms with van der Waals surface area (Å²) in [5.74, 6) is 0.0666. The van der Waals surface area contributed by atoms with Crippen molar-refractivity contribution in [2.45, 2.75) is 25.6 Å². The van der Waals surface area contributed by atoms with E-state index in [4.69, 9.17) is 5.73 Å². The van der Waals surface area contributed by atoms with E-state index < -0.39 is 11.7 Å². The SMILES string of the molecule is CC1CCN(C(=O)c2ccc(C(F)(F)F)cc2)C1CN. The van der Waals surface area contributed by atoms with Crippen molar-refractivity contribution >= 4 is 5.91 Å². The topological polar surface area (TPSA) is 46.3 Å². The molecule has 2 N–H and O–H groups in total. The molecule has 6 heteroatoms. The smallest absolute Gasteiger partial charge is 0.334 e. The summed E-state index contributed by atoms with van der Waals surface area (Å²) >= 11 is 0. The van der Waals surface area contributed by atoms with Crippen LogP contribution in [0.1, 0.15) is 29.3 Å². The number of carbonyl (C=O) groups is 1. The number of halogens is 3. The lowest BCUT2D eigenvalue weighted by Crippen LogP contribution is -2.42. The first-order valence-electron chi connectivity index (χ1n) is 6.53. The highest BCUT2D eigenvalue weighted by Gasteiger charge is 2.34. The molecule has 0 aliphatic carbocycles. The van der Waals surface area contributed by atoms with Gasteiger partial charge >= 0.3 is 6.18 Å². The number of rotatable bonds is 2. The van der Waals surface area contributed by atoms with Crippen molar-refractivity contribution in [1.82, 2.24) is 4.90 Å². The number of hydrogen-bond acceptors (Lipinski definition) is 2. The molecular formula is C14H17F3N2O. The molecule has 1 aliphatic rings. The Kier molecular flexibility index (Phi) is 4.04. The van der Waals surface area contributed by atoms with Crippen molar-refractivity contribution in [3.8, 4) is 0 Å². The van der Waals surface area contributed by atoms with Crippen LogP contribution in [0, 0.1) is 5.92 Å². The molecule has 1 aromatic rings. The summed E-state index contributed by atoms with van der Waals surface area (Å²) in [5, 5.41) is 0. The third-order valence-electron chi connectivity index (χ3n) is 3.84. The second-order valence-corrected chi connectivity index (χ2v) is 5.14. The second-order valence-electron chi connectivity index (χ2n) is 5.14. The summed E-state index contributed by atoms with van der Waals surface area (Å²) in [5.41, 5.74) is 5.19. The normalized spacial score (nSPS) is 23.1. The van der Waals surface area contributed by atoms with Crippen LogP contribution < -0.4 is 5.73 Å². The fourth-order valence-corrected chi connectivity index (χ4v) is 2.59. The van der Waals surface area contributed by atoms with Crippen LogP contribution >= 0.6 is 0 Å². The van der Waals surface area contributed by atoms with Crippen LogP contribution in [-0.2, 0) is 6.18 Å². The van der Waals surface area contributed by atoms with E-state index in [2.05, 4.69) is 0 Å². The molecule has 1 heterocycles. The van der Waals surface area contributed by atoms with Gasteiger partial charge in [-0.2, -0.15) is 13.2 Å². The monoisotopic (exact) mass is 286 g/mol. The first-order chi connectivity index (χ1) is 9.34. The van der Waals surface area contributed by atoms with Gasteiger partial charge in [0.25, 0.3) is 5.91 Å². The second kappa shape index (κ2) is 5.44. The van der Waals surface area contributed by atoms with E-state index in [9.17, 15) is 18.0 Å². The van der Waals surface area contributed by atoms with Crippen molar-refractivity contribution in [3.05, 3.63) is 35.4 Å². The van der Waals surface area contributed by atoms with Crippen molar-refractivity contribution in [2.75, 3.05) is 13.1 Å². The first-order valence-corrected chi connectivity index (χ1v) is 6.53. The van der Waals surface area contributed by atoms with Gasteiger partial charge in [-0.3, -0.25) is 4.79 Å². The van der Waals surface area contributed by atoms with Gasteiger partial charge in [-0.1, -0.05) is 6.92 Å². The molecule has 2 atom stereocenters. The largest absolute Gasteiger partial charge is 0.416 e. The molecule has 1 amide bonds. The minimum atomic E-state index is -4.39. The van der Waals surface area contributed by atoms with Crippen molar-refractivity contribution in [2.24, 2.45) is 11.7 Å². The van der Waals surface area contributed by atoms with Gasteiger partial charge in [0.1, 0.15) is 0 Å². The summed E-state index contributed by atoms with van der Waals surface area (Å²) in [6, 6.07) is 4.28. The molecule has 2 unspecified atom stereocenters. The Bertz CT molecular complexity index is 484. The summed E-state index contributed by atoms with van der Waals surface area (Å²) in [6.45, 7) is 2.99. The maximum atomic E-state index is 12.5. The number of nitrogens with zero attached hydrogens (tertiary/aromatic N) is 1. The molecule has 1 fully saturated rings. The number of alkyl halides is 3. The summed E-state index contributed by atoms with van der Waals surface area (Å²) < 4.78 is 37.4. The maximum absolute atomic E-state index is 12.5. The van der Waals surface area contributed by atoms with E-state index in [1.807, 2.05) is 6.92 Å². The molecule has 110 valence electrons. The Labute approximate surface area is 115 Å². The van der Waals surface area contributed by atoms with Crippen molar-refractivity contribution in [1.29, 1.82) is 0 Å². The maximum Gasteiger partial charge on any atom is 0.416 e. The van der Waals surface area contributed by atoms with Crippen LogP contribution in [0.5, 0.6) is 0 Å². The van der Waals surface area contributed by atoms with Crippen LogP contribution in [0.3, 0.4) is 0 Å². The minimum absolute atomic E-state index is 0.0372. The predicted octanol–water partition coefficient (Wildman–Crippen LogP) is 2.51. The van der Waals surface area contributed by atoms with Gasteiger partial charge in [-0.25, -0.2) is 0 Å². The summed E-state index contributed by atoms with van der Waals surface area (Å²) in [7, 11) is 0. The molecule has 0 spiro atoms. The molecule has 0 bridgehead atoms. The summed E-state index contributed by atoms with van der Waals surface area (Å²) in [4.78, 5) is 14.0. The fraction of sp³-hybridized carbons (Fsp3) is 0.500. The number of benzene rings is 1. The Morgan fingerprint density at radius 1 is 1.35 bits per heavy atom. The van der Waals surface area contributed by atoms with Crippen LogP contribution in [0.4, 0.5) is 13.2 Å². The zero-order chi connectivity index (χ0) is 14.9. The zero-order valence-corrected chi connectivity index (χ0v) is 11.2. The van der Waals surface area contributed by atoms with Gasteiger partial charge in [0, 0.05) is 24.7 Å². The number of amides is 1. The first kappa shape index (κ1) is 14.8. The molecule has 0 aromatic heterocycles. The average Bonchev–Trinajstić information content (AvgIpc) is 2.78. The van der Waals surface area contributed by atoms with Crippen LogP contribution in [0.2, 0.25) is 0 Å². The molecule has 1 aliphatic heterocycles. The number of hydrogen-bond donors (Lipinski definition) is 1. The van der Waals surface area contributed by atoms with Gasteiger partial charge in [0.05, 0.1) is 5.56 Å². The van der Waals surface area contributed by atoms with Gasteiger partial charge in [0.15, 0.2) is 0 Å². The van der Waals surface area contributed by atoms with Crippen molar-refractivity contribution < 1.29 is 18.0 Å². The standard InChI is InChI=1S/C14H17F3N2O/c1-9-6-7-19(12(9)8-18)13(20)10-2-4-11(5-3-10)14(15,16)17/h2-5,9,12H,6-8,18H2,1H3. The van der Waals surface area contributed by atoms with Gasteiger partial charge < -0.3 is 10.6 Å². The summed E-state index contributed by atoms with van der Waals surface area (Å²) in [6.07, 6.45) is -3.52. The molecule has 0 radical (unpaired) electrons. The van der Waals surface area contributed by atoms with Gasteiger partial charge in [-0.15, -0.1) is 0 Å². The van der Waals surface area contributed by atoms with Crippen LogP contribution in [0.25, 0.3) is 0 Å². The zero-order valence-electron chi connectivity index (χ0n) is 11.2. The number of nitrogens with two attached hydrogens (primary N) is 1. The molecule has 2 rings (SSSR count). The highest BCUT2D eigenvalue weighted by atomic mass is 19.4. The van der Waals surface area contributed by atoms with E-state index in [-0.39, 0.29) is 17.5 Å². The van der Waals surface area contributed by atoms with Crippen LogP contribution in [0.15, 0.2) is 24.3 Å². The Balaban J connectivity index is 2.18. The lowest BCUT2D eigenvalue weighted by Gasteiger charge is -2.25. The lowest BCUT2D eigenvalue weighted by atomic mass is 10.0. The Morgan fingerprint density at radius 2 is 1.95 bits per heavy atom. The predicted molar refractivity (Wildman–Crippen MR) is 69.1 cm³/mol. The Hall–Kier alpha value is -1.56. The molecule has 20 heavy (non-hydrogen) atoms. The van der Waals surface area contributed by atoms with E-state index in [1.165, 1.54) is 12.1 Å². The lowest BCUT2D eigenvalue weighted by molar-refractivity contribution is -0.137. The molecule has 0 saturated carbocycles. The van der Waals surface area contributed by atoms with E-state index in [1.54, 1.807) is 4.90 Å². The number of carbonyl (C=O) groups excluding carboxylic acids is 1. The fourth-order valence-electron chi connectivity index (χ4n) is 2.59. The van der Waals surface area contributed by atoms with E-state index in [0.29, 0.717) is 19.0 Å². The highest BCUT2D eigenvalue weighted by molar-refractivity contribution is 5.94. The van der Waals surface area contributed by atoms with E-state index in [0.717, 1.165) is 18.6 Å². The van der Waals surface area contributed by atoms with Gasteiger partial charge in [0.2, 0.25) is 0 Å². The van der Waals surface area contributed by atoms with Crippen molar-refractivity contribution in [3.63, 3.8) is 0 Å². The molecule has 1 aromatic carbocycles. The third-order valence-corrected chi connectivity index (χ3v) is 3.84. The van der Waals surface area contributed by atoms with Gasteiger partial charge in [-0.05, 0) is 36.6 Å². The molecule has 3 nitrogen and oxygen atoms in total. The third kappa shape index (κ3) is 2.80. The highest BCUT2D eigenvalue weighted by Crippen LogP contribution is 2.30. The molecular weight excluding hydrogens is 269 g/mol. The Morgan fingerprint density at radius 3 is 2.45 bits per heavy atom. The molecule has 1 saturated heterocycles. The van der Waals surface area contributed by atoms with Crippen LogP contribution in [-0.4, -0.2) is 29.9 Å². The number of likely N-dealkylation sites (tertiary alicyclic amines) is 1. The minimum Gasteiger partial charge on any atom is -0.334 e.